The molecule has 0 spiro atoms. The maximum atomic E-state index is 12.3. The second-order valence-electron chi connectivity index (χ2n) is 4.94. The predicted molar refractivity (Wildman–Crippen MR) is 93.1 cm³/mol. The Morgan fingerprint density at radius 2 is 1.91 bits per heavy atom. The van der Waals surface area contributed by atoms with Gasteiger partial charge in [-0.25, -0.2) is 0 Å². The molecule has 0 aromatic heterocycles. The lowest BCUT2D eigenvalue weighted by molar-refractivity contribution is -0.117. The molecule has 0 aliphatic heterocycles. The average molecular weight is 345 g/mol. The fourth-order valence-corrected chi connectivity index (χ4v) is 2.49. The van der Waals surface area contributed by atoms with Gasteiger partial charge in [0.05, 0.1) is 6.04 Å². The Kier molecular flexibility index (Phi) is 5.81. The van der Waals surface area contributed by atoms with E-state index in [0.717, 1.165) is 5.56 Å². The first kappa shape index (κ1) is 17.1. The van der Waals surface area contributed by atoms with Gasteiger partial charge in [-0.3, -0.25) is 4.79 Å². The minimum absolute atomic E-state index is 0.0167. The predicted octanol–water partition coefficient (Wildman–Crippen LogP) is 4.78. The number of hydrogen-bond donors (Lipinski definition) is 1. The summed E-state index contributed by atoms with van der Waals surface area (Å²) in [5.41, 5.74) is 1.51. The highest BCUT2D eigenvalue weighted by molar-refractivity contribution is 6.35. The van der Waals surface area contributed by atoms with Gasteiger partial charge in [-0.15, -0.1) is 0 Å². The molecule has 0 aliphatic carbocycles. The van der Waals surface area contributed by atoms with Gasteiger partial charge in [0.1, 0.15) is 11.6 Å². The topological polar surface area (TPSA) is 52.9 Å². The quantitative estimate of drug-likeness (QED) is 0.641. The zero-order valence-electron chi connectivity index (χ0n) is 12.4. The smallest absolute Gasteiger partial charge is 0.262 e. The Morgan fingerprint density at radius 1 is 1.22 bits per heavy atom. The van der Waals surface area contributed by atoms with Gasteiger partial charge in [0.15, 0.2) is 0 Å². The molecule has 0 radical (unpaired) electrons. The number of carbonyl (C=O) groups is 1. The van der Waals surface area contributed by atoms with Gasteiger partial charge in [0, 0.05) is 10.0 Å². The summed E-state index contributed by atoms with van der Waals surface area (Å²) in [7, 11) is 0. The van der Waals surface area contributed by atoms with E-state index >= 15 is 0 Å². The lowest BCUT2D eigenvalue weighted by Crippen LogP contribution is -2.27. The lowest BCUT2D eigenvalue weighted by atomic mass is 10.1. The van der Waals surface area contributed by atoms with Crippen LogP contribution >= 0.6 is 23.2 Å². The summed E-state index contributed by atoms with van der Waals surface area (Å²) in [6.45, 7) is 1.86. The van der Waals surface area contributed by atoms with Crippen molar-refractivity contribution in [3.63, 3.8) is 0 Å². The van der Waals surface area contributed by atoms with Crippen LogP contribution in [0.25, 0.3) is 6.08 Å². The summed E-state index contributed by atoms with van der Waals surface area (Å²) in [5, 5.41) is 12.9. The molecule has 1 unspecified atom stereocenters. The van der Waals surface area contributed by atoms with Crippen molar-refractivity contribution in [3.05, 3.63) is 75.3 Å². The third kappa shape index (κ3) is 4.59. The van der Waals surface area contributed by atoms with Crippen LogP contribution in [0.5, 0.6) is 0 Å². The van der Waals surface area contributed by atoms with E-state index in [1.807, 2.05) is 43.3 Å². The molecule has 0 bridgehead atoms. The molecule has 1 N–H and O–H groups in total. The number of nitriles is 1. The molecule has 23 heavy (non-hydrogen) atoms. The van der Waals surface area contributed by atoms with Crippen LogP contribution in [0, 0.1) is 11.3 Å². The normalized spacial score (nSPS) is 12.3. The van der Waals surface area contributed by atoms with Crippen LogP contribution < -0.4 is 5.32 Å². The Morgan fingerprint density at radius 3 is 2.52 bits per heavy atom. The van der Waals surface area contributed by atoms with E-state index in [0.29, 0.717) is 15.6 Å². The summed E-state index contributed by atoms with van der Waals surface area (Å²) in [6, 6.07) is 16.1. The zero-order chi connectivity index (χ0) is 16.8. The first-order chi connectivity index (χ1) is 11.0. The second-order valence-corrected chi connectivity index (χ2v) is 5.79. The molecule has 0 aliphatic rings. The molecule has 0 saturated heterocycles. The third-order valence-corrected chi connectivity index (χ3v) is 3.84. The number of carbonyl (C=O) groups excluding carboxylic acids is 1. The van der Waals surface area contributed by atoms with Crippen molar-refractivity contribution in [1.82, 2.24) is 5.32 Å². The molecule has 2 aromatic carbocycles. The van der Waals surface area contributed by atoms with Crippen molar-refractivity contribution in [2.24, 2.45) is 0 Å². The molecule has 116 valence electrons. The number of nitrogens with zero attached hydrogens (tertiary/aromatic N) is 1. The highest BCUT2D eigenvalue weighted by Crippen LogP contribution is 2.23. The molecular weight excluding hydrogens is 331 g/mol. The summed E-state index contributed by atoms with van der Waals surface area (Å²) in [6.07, 6.45) is 1.45. The van der Waals surface area contributed by atoms with E-state index in [-0.39, 0.29) is 11.6 Å². The van der Waals surface area contributed by atoms with Crippen LogP contribution in [0.15, 0.2) is 54.1 Å². The standard InChI is InChI=1S/C18H14Cl2N2O/c1-12(13-5-3-2-4-6-13)22-18(23)15(11-21)9-14-7-8-16(19)10-17(14)20/h2-10,12H,1H3,(H,22,23)/b15-9-. The van der Waals surface area contributed by atoms with Crippen molar-refractivity contribution in [1.29, 1.82) is 5.26 Å². The van der Waals surface area contributed by atoms with Crippen LogP contribution in [0.3, 0.4) is 0 Å². The molecule has 1 atom stereocenters. The molecule has 2 aromatic rings. The van der Waals surface area contributed by atoms with Gasteiger partial charge in [-0.2, -0.15) is 5.26 Å². The van der Waals surface area contributed by atoms with Crippen LogP contribution in [0.4, 0.5) is 0 Å². The highest BCUT2D eigenvalue weighted by Gasteiger charge is 2.14. The molecule has 2 rings (SSSR count). The van der Waals surface area contributed by atoms with Gasteiger partial charge in [0.25, 0.3) is 5.91 Å². The van der Waals surface area contributed by atoms with E-state index in [2.05, 4.69) is 5.32 Å². The van der Waals surface area contributed by atoms with Gasteiger partial charge in [0.2, 0.25) is 0 Å². The second kappa shape index (κ2) is 7.82. The van der Waals surface area contributed by atoms with E-state index in [1.54, 1.807) is 18.2 Å². The summed E-state index contributed by atoms with van der Waals surface area (Å²) >= 11 is 11.9. The summed E-state index contributed by atoms with van der Waals surface area (Å²) in [5.74, 6) is -0.449. The maximum Gasteiger partial charge on any atom is 0.262 e. The number of benzene rings is 2. The molecular formula is C18H14Cl2N2O. The fraction of sp³-hybridized carbons (Fsp3) is 0.111. The van der Waals surface area contributed by atoms with Crippen molar-refractivity contribution in [3.8, 4) is 6.07 Å². The average Bonchev–Trinajstić information content (AvgIpc) is 2.54. The number of amides is 1. The van der Waals surface area contributed by atoms with Crippen LogP contribution in [-0.2, 0) is 4.79 Å². The minimum atomic E-state index is -0.449. The molecule has 0 heterocycles. The number of rotatable bonds is 4. The summed E-state index contributed by atoms with van der Waals surface area (Å²) in [4.78, 5) is 12.3. The number of nitrogens with one attached hydrogen (secondary N) is 1. The Hall–Kier alpha value is -2.28. The van der Waals surface area contributed by atoms with E-state index in [9.17, 15) is 10.1 Å². The first-order valence-electron chi connectivity index (χ1n) is 6.94. The Bertz CT molecular complexity index is 779. The largest absolute Gasteiger partial charge is 0.345 e. The minimum Gasteiger partial charge on any atom is -0.345 e. The lowest BCUT2D eigenvalue weighted by Gasteiger charge is -2.13. The van der Waals surface area contributed by atoms with Gasteiger partial charge in [-0.05, 0) is 36.3 Å². The molecule has 1 amide bonds. The van der Waals surface area contributed by atoms with Crippen molar-refractivity contribution in [2.45, 2.75) is 13.0 Å². The summed E-state index contributed by atoms with van der Waals surface area (Å²) < 4.78 is 0. The third-order valence-electron chi connectivity index (χ3n) is 3.27. The van der Waals surface area contributed by atoms with Gasteiger partial charge < -0.3 is 5.32 Å². The van der Waals surface area contributed by atoms with E-state index < -0.39 is 5.91 Å². The van der Waals surface area contributed by atoms with Crippen molar-refractivity contribution < 1.29 is 4.79 Å². The van der Waals surface area contributed by atoms with E-state index in [1.165, 1.54) is 6.08 Å². The SMILES string of the molecule is CC(NC(=O)/C(C#N)=C\c1ccc(Cl)cc1Cl)c1ccccc1. The Labute approximate surface area is 145 Å². The van der Waals surface area contributed by atoms with Crippen molar-refractivity contribution >= 4 is 35.2 Å². The first-order valence-corrected chi connectivity index (χ1v) is 7.69. The monoisotopic (exact) mass is 344 g/mol. The highest BCUT2D eigenvalue weighted by atomic mass is 35.5. The van der Waals surface area contributed by atoms with Crippen LogP contribution in [0.2, 0.25) is 10.0 Å². The van der Waals surface area contributed by atoms with Crippen LogP contribution in [0.1, 0.15) is 24.1 Å². The fourth-order valence-electron chi connectivity index (χ4n) is 2.02. The molecule has 0 fully saturated rings. The number of halogens is 2. The van der Waals surface area contributed by atoms with Crippen LogP contribution in [-0.4, -0.2) is 5.91 Å². The molecule has 0 saturated carbocycles. The van der Waals surface area contributed by atoms with E-state index in [4.69, 9.17) is 23.2 Å². The van der Waals surface area contributed by atoms with Gasteiger partial charge in [-0.1, -0.05) is 59.6 Å². The Balaban J connectivity index is 2.19. The zero-order valence-corrected chi connectivity index (χ0v) is 13.9. The maximum absolute atomic E-state index is 12.3. The van der Waals surface area contributed by atoms with Crippen molar-refractivity contribution in [2.75, 3.05) is 0 Å². The molecule has 3 nitrogen and oxygen atoms in total. The van der Waals surface area contributed by atoms with Gasteiger partial charge >= 0.3 is 0 Å². The number of hydrogen-bond acceptors (Lipinski definition) is 2. The molecule has 5 heteroatoms.